The second-order valence-corrected chi connectivity index (χ2v) is 4.61. The van der Waals surface area contributed by atoms with Gasteiger partial charge in [-0.05, 0) is 29.5 Å². The number of aromatic nitrogens is 3. The molecule has 0 aliphatic heterocycles. The first-order chi connectivity index (χ1) is 6.25. The number of halogens is 1. The molecule has 0 N–H and O–H groups in total. The van der Waals surface area contributed by atoms with Gasteiger partial charge in [-0.15, -0.1) is 11.3 Å². The van der Waals surface area contributed by atoms with E-state index in [9.17, 15) is 0 Å². The van der Waals surface area contributed by atoms with Crippen LogP contribution < -0.4 is 0 Å². The highest BCUT2D eigenvalue weighted by Gasteiger charge is 2.02. The minimum Gasteiger partial charge on any atom is -0.320 e. The maximum Gasteiger partial charge on any atom is 0.171 e. The first kappa shape index (κ1) is 9.14. The van der Waals surface area contributed by atoms with Gasteiger partial charge in [0.25, 0.3) is 0 Å². The van der Waals surface area contributed by atoms with Crippen LogP contribution in [0.3, 0.4) is 0 Å². The summed E-state index contributed by atoms with van der Waals surface area (Å²) in [6.07, 6.45) is 3.78. The van der Waals surface area contributed by atoms with Crippen molar-refractivity contribution in [2.45, 2.75) is 13.5 Å². The van der Waals surface area contributed by atoms with E-state index in [0.717, 1.165) is 21.1 Å². The van der Waals surface area contributed by atoms with Crippen LogP contribution in [-0.2, 0) is 6.54 Å². The highest BCUT2D eigenvalue weighted by atomic mass is 127. The Hall–Kier alpha value is -0.430. The molecule has 0 atom stereocenters. The fourth-order valence-electron chi connectivity index (χ4n) is 1.05. The molecule has 0 saturated heterocycles. The Balaban J connectivity index is 2.19. The molecule has 13 heavy (non-hydrogen) atoms. The molecule has 0 aromatic carbocycles. The number of imidazole rings is 1. The topological polar surface area (TPSA) is 30.7 Å². The van der Waals surface area contributed by atoms with Crippen LogP contribution in [0.2, 0.25) is 0 Å². The average Bonchev–Trinajstić information content (AvgIpc) is 2.64. The third-order valence-corrected chi connectivity index (χ3v) is 3.49. The molecule has 0 unspecified atom stereocenters. The summed E-state index contributed by atoms with van der Waals surface area (Å²) < 4.78 is 3.09. The fourth-order valence-corrected chi connectivity index (χ4v) is 2.31. The molecule has 0 bridgehead atoms. The highest BCUT2D eigenvalue weighted by molar-refractivity contribution is 14.1. The molecule has 5 heteroatoms. The van der Waals surface area contributed by atoms with Crippen LogP contribution in [0.25, 0.3) is 0 Å². The Labute approximate surface area is 94.0 Å². The molecular formula is C8H8IN3S. The fraction of sp³-hybridized carbons (Fsp3) is 0.250. The van der Waals surface area contributed by atoms with Crippen LogP contribution in [0, 0.1) is 10.8 Å². The summed E-state index contributed by atoms with van der Waals surface area (Å²) in [7, 11) is 0. The van der Waals surface area contributed by atoms with Crippen molar-refractivity contribution in [3.63, 3.8) is 0 Å². The summed E-state index contributed by atoms with van der Waals surface area (Å²) in [6, 6.07) is 0. The Morgan fingerprint density at radius 1 is 1.62 bits per heavy atom. The van der Waals surface area contributed by atoms with E-state index in [1.807, 2.05) is 19.3 Å². The van der Waals surface area contributed by atoms with E-state index in [2.05, 4.69) is 42.5 Å². The molecule has 0 aliphatic carbocycles. The van der Waals surface area contributed by atoms with Crippen molar-refractivity contribution in [1.82, 2.24) is 14.5 Å². The lowest BCUT2D eigenvalue weighted by molar-refractivity contribution is 0.764. The Kier molecular flexibility index (Phi) is 2.63. The number of nitrogens with zero attached hydrogens (tertiary/aromatic N) is 3. The third-order valence-electron chi connectivity index (χ3n) is 1.64. The van der Waals surface area contributed by atoms with Crippen molar-refractivity contribution < 1.29 is 0 Å². The summed E-state index contributed by atoms with van der Waals surface area (Å²) in [6.45, 7) is 2.84. The monoisotopic (exact) mass is 305 g/mol. The summed E-state index contributed by atoms with van der Waals surface area (Å²) >= 11 is 3.91. The van der Waals surface area contributed by atoms with Gasteiger partial charge >= 0.3 is 0 Å². The van der Waals surface area contributed by atoms with Crippen molar-refractivity contribution in [3.8, 4) is 0 Å². The van der Waals surface area contributed by atoms with Gasteiger partial charge in [-0.3, -0.25) is 0 Å². The van der Waals surface area contributed by atoms with Gasteiger partial charge in [0.05, 0.1) is 6.54 Å². The van der Waals surface area contributed by atoms with E-state index in [4.69, 9.17) is 0 Å². The lowest BCUT2D eigenvalue weighted by Crippen LogP contribution is -2.00. The van der Waals surface area contributed by atoms with Gasteiger partial charge in [-0.2, -0.15) is 0 Å². The van der Waals surface area contributed by atoms with E-state index in [1.165, 1.54) is 0 Å². The molecule has 0 spiro atoms. The smallest absolute Gasteiger partial charge is 0.171 e. The van der Waals surface area contributed by atoms with Crippen molar-refractivity contribution in [2.24, 2.45) is 0 Å². The van der Waals surface area contributed by atoms with E-state index in [1.54, 1.807) is 11.3 Å². The number of aryl methyl sites for hydroxylation is 1. The van der Waals surface area contributed by atoms with Gasteiger partial charge in [-0.25, -0.2) is 9.97 Å². The molecule has 0 aliphatic rings. The first-order valence-electron chi connectivity index (χ1n) is 3.83. The Bertz CT molecular complexity index is 407. The van der Waals surface area contributed by atoms with E-state index in [-0.39, 0.29) is 0 Å². The molecule has 3 nitrogen and oxygen atoms in total. The van der Waals surface area contributed by atoms with Gasteiger partial charge in [0, 0.05) is 23.5 Å². The van der Waals surface area contributed by atoms with Gasteiger partial charge in [-0.1, -0.05) is 0 Å². The largest absolute Gasteiger partial charge is 0.320 e. The summed E-state index contributed by atoms with van der Waals surface area (Å²) in [5.41, 5.74) is 1.09. The second kappa shape index (κ2) is 3.75. The van der Waals surface area contributed by atoms with Crippen LogP contribution >= 0.6 is 33.9 Å². The molecule has 0 saturated carbocycles. The van der Waals surface area contributed by atoms with E-state index >= 15 is 0 Å². The van der Waals surface area contributed by atoms with Gasteiger partial charge < -0.3 is 4.57 Å². The molecule has 2 heterocycles. The predicted octanol–water partition coefficient (Wildman–Crippen LogP) is 2.30. The standard InChI is InChI=1S/C8H8IN3S/c1-6-5-13-7(11-6)4-12-3-2-10-8(12)9/h2-3,5H,4H2,1H3. The summed E-state index contributed by atoms with van der Waals surface area (Å²) in [4.78, 5) is 8.54. The lowest BCUT2D eigenvalue weighted by atomic mass is 10.6. The minimum absolute atomic E-state index is 0.830. The maximum atomic E-state index is 4.39. The first-order valence-corrected chi connectivity index (χ1v) is 5.79. The second-order valence-electron chi connectivity index (χ2n) is 2.71. The number of hydrogen-bond donors (Lipinski definition) is 0. The summed E-state index contributed by atoms with van der Waals surface area (Å²) in [5.74, 6) is 0. The number of rotatable bonds is 2. The quantitative estimate of drug-likeness (QED) is 0.797. The number of hydrogen-bond acceptors (Lipinski definition) is 3. The number of thiazole rings is 1. The average molecular weight is 305 g/mol. The van der Waals surface area contributed by atoms with E-state index in [0.29, 0.717) is 0 Å². The van der Waals surface area contributed by atoms with Crippen molar-refractivity contribution in [2.75, 3.05) is 0 Å². The van der Waals surface area contributed by atoms with E-state index < -0.39 is 0 Å². The zero-order valence-electron chi connectivity index (χ0n) is 7.07. The molecule has 0 amide bonds. The zero-order chi connectivity index (χ0) is 9.26. The zero-order valence-corrected chi connectivity index (χ0v) is 10.0. The van der Waals surface area contributed by atoms with Crippen LogP contribution in [0.15, 0.2) is 17.8 Å². The van der Waals surface area contributed by atoms with Crippen molar-refractivity contribution in [3.05, 3.63) is 32.3 Å². The van der Waals surface area contributed by atoms with Crippen LogP contribution in [0.1, 0.15) is 10.7 Å². The molecule has 2 aromatic heterocycles. The van der Waals surface area contributed by atoms with Gasteiger partial charge in [0.15, 0.2) is 3.83 Å². The normalized spacial score (nSPS) is 10.6. The predicted molar refractivity (Wildman–Crippen MR) is 60.9 cm³/mol. The van der Waals surface area contributed by atoms with Crippen LogP contribution in [0.4, 0.5) is 0 Å². The Morgan fingerprint density at radius 2 is 2.46 bits per heavy atom. The summed E-state index contributed by atoms with van der Waals surface area (Å²) in [5, 5.41) is 3.20. The lowest BCUT2D eigenvalue weighted by Gasteiger charge is -1.98. The third kappa shape index (κ3) is 2.08. The molecule has 2 rings (SSSR count). The molecular weight excluding hydrogens is 297 g/mol. The van der Waals surface area contributed by atoms with Crippen LogP contribution in [0.5, 0.6) is 0 Å². The SMILES string of the molecule is Cc1csc(Cn2ccnc2I)n1. The van der Waals surface area contributed by atoms with Crippen molar-refractivity contribution in [1.29, 1.82) is 0 Å². The maximum absolute atomic E-state index is 4.39. The molecule has 2 aromatic rings. The minimum atomic E-state index is 0.830. The molecule has 68 valence electrons. The molecule has 0 radical (unpaired) electrons. The van der Waals surface area contributed by atoms with Crippen LogP contribution in [-0.4, -0.2) is 14.5 Å². The Morgan fingerprint density at radius 3 is 3.00 bits per heavy atom. The highest BCUT2D eigenvalue weighted by Crippen LogP contribution is 2.12. The van der Waals surface area contributed by atoms with Gasteiger partial charge in [0.2, 0.25) is 0 Å². The molecule has 0 fully saturated rings. The van der Waals surface area contributed by atoms with Crippen molar-refractivity contribution >= 4 is 33.9 Å². The van der Waals surface area contributed by atoms with Gasteiger partial charge in [0.1, 0.15) is 5.01 Å².